The van der Waals surface area contributed by atoms with Gasteiger partial charge in [-0.3, -0.25) is 9.59 Å². The Morgan fingerprint density at radius 3 is 2.52 bits per heavy atom. The monoisotopic (exact) mass is 363 g/mol. The van der Waals surface area contributed by atoms with Crippen molar-refractivity contribution < 1.29 is 9.59 Å². The molecule has 0 spiro atoms. The Bertz CT molecular complexity index is 913. The van der Waals surface area contributed by atoms with Gasteiger partial charge in [-0.05, 0) is 48.6 Å². The number of unbranched alkanes of at least 4 members (excludes halogenated alkanes) is 1. The molecule has 0 saturated carbocycles. The topological polar surface area (TPSA) is 74.0 Å². The normalized spacial score (nSPS) is 10.7. The number of anilines is 1. The Hall–Kier alpha value is -3.08. The highest BCUT2D eigenvalue weighted by molar-refractivity contribution is 6.39. The average Bonchev–Trinajstić information content (AvgIpc) is 3.10. The predicted molar refractivity (Wildman–Crippen MR) is 109 cm³/mol. The van der Waals surface area contributed by atoms with Crippen molar-refractivity contribution in [2.24, 2.45) is 0 Å². The summed E-state index contributed by atoms with van der Waals surface area (Å²) in [7, 11) is 0. The highest BCUT2D eigenvalue weighted by atomic mass is 16.2. The van der Waals surface area contributed by atoms with E-state index in [9.17, 15) is 9.59 Å². The Morgan fingerprint density at radius 2 is 1.74 bits per heavy atom. The van der Waals surface area contributed by atoms with Crippen LogP contribution < -0.4 is 10.6 Å². The van der Waals surface area contributed by atoms with Crippen molar-refractivity contribution in [2.45, 2.75) is 32.6 Å². The van der Waals surface area contributed by atoms with Gasteiger partial charge in [-0.2, -0.15) is 0 Å². The molecule has 27 heavy (non-hydrogen) atoms. The number of carbonyl (C=O) groups is 2. The second-order valence-electron chi connectivity index (χ2n) is 6.62. The lowest BCUT2D eigenvalue weighted by Crippen LogP contribution is -2.36. The van der Waals surface area contributed by atoms with Crippen LogP contribution in [0.1, 0.15) is 30.9 Å². The summed E-state index contributed by atoms with van der Waals surface area (Å²) in [5.41, 5.74) is 4.05. The maximum Gasteiger partial charge on any atom is 0.313 e. The van der Waals surface area contributed by atoms with Crippen LogP contribution in [-0.4, -0.2) is 23.3 Å². The van der Waals surface area contributed by atoms with Crippen molar-refractivity contribution in [3.8, 4) is 0 Å². The standard InChI is InChI=1S/C22H25N3O2/c1-2-3-6-16-9-11-18(12-10-16)25-22(27)21(26)23-14-13-17-15-24-20-8-5-4-7-19(17)20/h4-5,7-12,15,24H,2-3,6,13-14H2,1H3,(H,23,26)(H,25,27). The molecule has 0 atom stereocenters. The van der Waals surface area contributed by atoms with Crippen LogP contribution in [0.25, 0.3) is 10.9 Å². The van der Waals surface area contributed by atoms with E-state index in [0.717, 1.165) is 35.7 Å². The summed E-state index contributed by atoms with van der Waals surface area (Å²) in [6, 6.07) is 15.7. The molecule has 3 rings (SSSR count). The van der Waals surface area contributed by atoms with Crippen LogP contribution in [0.15, 0.2) is 54.7 Å². The molecule has 0 aliphatic rings. The number of aryl methyl sites for hydroxylation is 1. The van der Waals surface area contributed by atoms with E-state index in [1.165, 1.54) is 5.56 Å². The highest BCUT2D eigenvalue weighted by Crippen LogP contribution is 2.17. The first-order valence-corrected chi connectivity index (χ1v) is 9.40. The fourth-order valence-corrected chi connectivity index (χ4v) is 3.05. The molecule has 0 aliphatic heterocycles. The number of nitrogens with one attached hydrogen (secondary N) is 3. The van der Waals surface area contributed by atoms with Crippen LogP contribution in [-0.2, 0) is 22.4 Å². The summed E-state index contributed by atoms with van der Waals surface area (Å²) in [6.45, 7) is 2.57. The van der Waals surface area contributed by atoms with Crippen molar-refractivity contribution in [2.75, 3.05) is 11.9 Å². The molecule has 5 heteroatoms. The van der Waals surface area contributed by atoms with Gasteiger partial charge in [0.15, 0.2) is 0 Å². The number of amides is 2. The molecule has 0 unspecified atom stereocenters. The van der Waals surface area contributed by atoms with E-state index in [-0.39, 0.29) is 0 Å². The first kappa shape index (κ1) is 18.7. The van der Waals surface area contributed by atoms with E-state index >= 15 is 0 Å². The van der Waals surface area contributed by atoms with Gasteiger partial charge in [-0.1, -0.05) is 43.7 Å². The van der Waals surface area contributed by atoms with Crippen molar-refractivity contribution in [1.82, 2.24) is 10.3 Å². The number of aromatic amines is 1. The number of para-hydroxylation sites is 1. The summed E-state index contributed by atoms with van der Waals surface area (Å²) in [5.74, 6) is -1.26. The highest BCUT2D eigenvalue weighted by Gasteiger charge is 2.13. The van der Waals surface area contributed by atoms with Gasteiger partial charge >= 0.3 is 11.8 Å². The maximum atomic E-state index is 12.0. The van der Waals surface area contributed by atoms with Gasteiger partial charge in [0, 0.05) is 29.3 Å². The van der Waals surface area contributed by atoms with Gasteiger partial charge in [-0.15, -0.1) is 0 Å². The molecule has 2 aromatic carbocycles. The Morgan fingerprint density at radius 1 is 0.963 bits per heavy atom. The molecule has 0 radical (unpaired) electrons. The summed E-state index contributed by atoms with van der Waals surface area (Å²) in [6.07, 6.45) is 5.92. The number of rotatable bonds is 7. The third kappa shape index (κ3) is 4.97. The lowest BCUT2D eigenvalue weighted by atomic mass is 10.1. The zero-order valence-electron chi connectivity index (χ0n) is 15.5. The molecule has 0 bridgehead atoms. The van der Waals surface area contributed by atoms with Gasteiger partial charge < -0.3 is 15.6 Å². The number of hydrogen-bond acceptors (Lipinski definition) is 2. The minimum atomic E-state index is -0.643. The van der Waals surface area contributed by atoms with Gasteiger partial charge in [0.25, 0.3) is 0 Å². The Balaban J connectivity index is 1.47. The van der Waals surface area contributed by atoms with Crippen LogP contribution in [0, 0.1) is 0 Å². The lowest BCUT2D eigenvalue weighted by Gasteiger charge is -2.07. The lowest BCUT2D eigenvalue weighted by molar-refractivity contribution is -0.136. The van der Waals surface area contributed by atoms with Crippen LogP contribution in [0.4, 0.5) is 5.69 Å². The first-order valence-electron chi connectivity index (χ1n) is 9.40. The smallest absolute Gasteiger partial charge is 0.313 e. The van der Waals surface area contributed by atoms with Gasteiger partial charge in [-0.25, -0.2) is 0 Å². The molecule has 0 aliphatic carbocycles. The van der Waals surface area contributed by atoms with E-state index in [2.05, 4.69) is 22.5 Å². The van der Waals surface area contributed by atoms with Crippen molar-refractivity contribution in [1.29, 1.82) is 0 Å². The van der Waals surface area contributed by atoms with Crippen LogP contribution in [0.3, 0.4) is 0 Å². The number of benzene rings is 2. The van der Waals surface area contributed by atoms with Crippen molar-refractivity contribution in [3.63, 3.8) is 0 Å². The second kappa shape index (κ2) is 9.03. The molecular weight excluding hydrogens is 338 g/mol. The molecule has 140 valence electrons. The Labute approximate surface area is 159 Å². The van der Waals surface area contributed by atoms with Gasteiger partial charge in [0.2, 0.25) is 0 Å². The van der Waals surface area contributed by atoms with E-state index in [0.29, 0.717) is 18.7 Å². The minimum Gasteiger partial charge on any atom is -0.361 e. The fraction of sp³-hybridized carbons (Fsp3) is 0.273. The molecule has 0 saturated heterocycles. The minimum absolute atomic E-state index is 0.407. The third-order valence-corrected chi connectivity index (χ3v) is 4.59. The SMILES string of the molecule is CCCCc1ccc(NC(=O)C(=O)NCCc2c[nH]c3ccccc23)cc1. The molecular formula is C22H25N3O2. The van der Waals surface area contributed by atoms with Crippen LogP contribution >= 0.6 is 0 Å². The average molecular weight is 363 g/mol. The Kier molecular flexibility index (Phi) is 6.26. The summed E-state index contributed by atoms with van der Waals surface area (Å²) < 4.78 is 0. The van der Waals surface area contributed by atoms with Crippen LogP contribution in [0.5, 0.6) is 0 Å². The van der Waals surface area contributed by atoms with Gasteiger partial charge in [0.05, 0.1) is 0 Å². The molecule has 5 nitrogen and oxygen atoms in total. The number of fused-ring (bicyclic) bond motifs is 1. The molecule has 1 aromatic heterocycles. The third-order valence-electron chi connectivity index (χ3n) is 4.59. The van der Waals surface area contributed by atoms with Crippen molar-refractivity contribution in [3.05, 3.63) is 65.9 Å². The number of aromatic nitrogens is 1. The summed E-state index contributed by atoms with van der Waals surface area (Å²) in [4.78, 5) is 27.3. The second-order valence-corrected chi connectivity index (χ2v) is 6.62. The molecule has 0 fully saturated rings. The predicted octanol–water partition coefficient (Wildman–Crippen LogP) is 3.81. The van der Waals surface area contributed by atoms with E-state index < -0.39 is 11.8 Å². The molecule has 3 aromatic rings. The zero-order valence-corrected chi connectivity index (χ0v) is 15.5. The van der Waals surface area contributed by atoms with Crippen molar-refractivity contribution >= 4 is 28.4 Å². The van der Waals surface area contributed by atoms with E-state index in [1.54, 1.807) is 0 Å². The maximum absolute atomic E-state index is 12.0. The number of H-pyrrole nitrogens is 1. The number of carbonyl (C=O) groups excluding carboxylic acids is 2. The fourth-order valence-electron chi connectivity index (χ4n) is 3.05. The summed E-state index contributed by atoms with van der Waals surface area (Å²) >= 11 is 0. The largest absolute Gasteiger partial charge is 0.361 e. The van der Waals surface area contributed by atoms with Gasteiger partial charge in [0.1, 0.15) is 0 Å². The summed E-state index contributed by atoms with van der Waals surface area (Å²) in [5, 5.41) is 6.46. The molecule has 3 N–H and O–H groups in total. The molecule has 2 amide bonds. The number of hydrogen-bond donors (Lipinski definition) is 3. The first-order chi connectivity index (χ1) is 13.2. The van der Waals surface area contributed by atoms with E-state index in [1.807, 2.05) is 54.7 Å². The quantitative estimate of drug-likeness (QED) is 0.559. The molecule has 1 heterocycles. The van der Waals surface area contributed by atoms with Crippen LogP contribution in [0.2, 0.25) is 0 Å². The zero-order chi connectivity index (χ0) is 19.1. The van der Waals surface area contributed by atoms with E-state index in [4.69, 9.17) is 0 Å².